The molecule has 2 unspecified atom stereocenters. The number of hydrogen-bond donors (Lipinski definition) is 1. The second kappa shape index (κ2) is 5.77. The molecule has 1 N–H and O–H groups in total. The van der Waals surface area contributed by atoms with Crippen molar-refractivity contribution in [2.24, 2.45) is 5.92 Å². The summed E-state index contributed by atoms with van der Waals surface area (Å²) in [6, 6.07) is 8.18. The third kappa shape index (κ3) is 2.55. The van der Waals surface area contributed by atoms with Crippen molar-refractivity contribution in [1.29, 1.82) is 0 Å². The zero-order valence-electron chi connectivity index (χ0n) is 11.2. The molecule has 0 amide bonds. The van der Waals surface area contributed by atoms with Gasteiger partial charge < -0.3 is 9.73 Å². The second-order valence-electron chi connectivity index (χ2n) is 4.84. The van der Waals surface area contributed by atoms with Crippen molar-refractivity contribution >= 4 is 22.6 Å². The molecule has 0 fully saturated rings. The van der Waals surface area contributed by atoms with Crippen LogP contribution in [0.1, 0.15) is 38.5 Å². The molecule has 2 nitrogen and oxygen atoms in total. The minimum Gasteiger partial charge on any atom is -0.458 e. The zero-order valence-corrected chi connectivity index (χ0v) is 11.9. The molecule has 0 saturated carbocycles. The first-order valence-electron chi connectivity index (χ1n) is 6.52. The molecule has 2 rings (SSSR count). The average molecular weight is 266 g/mol. The van der Waals surface area contributed by atoms with E-state index in [1.54, 1.807) is 0 Å². The Morgan fingerprint density at radius 3 is 2.78 bits per heavy atom. The van der Waals surface area contributed by atoms with E-state index >= 15 is 0 Å². The Bertz CT molecular complexity index is 520. The summed E-state index contributed by atoms with van der Waals surface area (Å²) in [5, 5.41) is 5.09. The van der Waals surface area contributed by atoms with E-state index in [0.29, 0.717) is 10.9 Å². The molecular weight excluding hydrogens is 246 g/mol. The van der Waals surface area contributed by atoms with Gasteiger partial charge in [-0.1, -0.05) is 44.0 Å². The predicted octanol–water partition coefficient (Wildman–Crippen LogP) is 4.78. The Morgan fingerprint density at radius 2 is 2.17 bits per heavy atom. The Balaban J connectivity index is 2.37. The Labute approximate surface area is 113 Å². The van der Waals surface area contributed by atoms with Gasteiger partial charge in [0.05, 0.1) is 11.1 Å². The number of halogens is 1. The first-order valence-corrected chi connectivity index (χ1v) is 6.90. The minimum atomic E-state index is 0.244. The standard InChI is InChI=1S/C15H20ClNO/c1-4-6-10(2)14(17-3)13-9-11-7-5-8-12(16)15(11)18-13/h5,7-10,14,17H,4,6H2,1-3H3. The summed E-state index contributed by atoms with van der Waals surface area (Å²) < 4.78 is 5.92. The highest BCUT2D eigenvalue weighted by atomic mass is 35.5. The molecule has 2 aromatic rings. The van der Waals surface area contributed by atoms with Crippen LogP contribution in [0.5, 0.6) is 0 Å². The van der Waals surface area contributed by atoms with Crippen LogP contribution in [0.15, 0.2) is 28.7 Å². The minimum absolute atomic E-state index is 0.244. The maximum atomic E-state index is 6.14. The van der Waals surface area contributed by atoms with Crippen molar-refractivity contribution in [3.05, 3.63) is 35.0 Å². The SMILES string of the molecule is CCCC(C)C(NC)c1cc2cccc(Cl)c2o1. The number of furan rings is 1. The molecule has 0 radical (unpaired) electrons. The van der Waals surface area contributed by atoms with Crippen LogP contribution in [-0.4, -0.2) is 7.05 Å². The summed E-state index contributed by atoms with van der Waals surface area (Å²) in [7, 11) is 1.98. The van der Waals surface area contributed by atoms with Crippen molar-refractivity contribution in [3.63, 3.8) is 0 Å². The summed E-state index contributed by atoms with van der Waals surface area (Å²) in [5.41, 5.74) is 0.790. The summed E-state index contributed by atoms with van der Waals surface area (Å²) in [6.45, 7) is 4.46. The normalized spacial score (nSPS) is 14.9. The maximum Gasteiger partial charge on any atom is 0.152 e. The van der Waals surface area contributed by atoms with E-state index in [9.17, 15) is 0 Å². The molecule has 0 bridgehead atoms. The number of fused-ring (bicyclic) bond motifs is 1. The molecule has 1 aromatic carbocycles. The van der Waals surface area contributed by atoms with Crippen LogP contribution in [0, 0.1) is 5.92 Å². The molecule has 0 aliphatic rings. The number of rotatable bonds is 5. The Hall–Kier alpha value is -0.990. The van der Waals surface area contributed by atoms with Crippen LogP contribution in [-0.2, 0) is 0 Å². The number of hydrogen-bond acceptors (Lipinski definition) is 2. The van der Waals surface area contributed by atoms with Crippen LogP contribution >= 0.6 is 11.6 Å². The van der Waals surface area contributed by atoms with Crippen molar-refractivity contribution in [3.8, 4) is 0 Å². The van der Waals surface area contributed by atoms with Gasteiger partial charge in [-0.15, -0.1) is 0 Å². The van der Waals surface area contributed by atoms with Crippen molar-refractivity contribution in [2.45, 2.75) is 32.7 Å². The predicted molar refractivity (Wildman–Crippen MR) is 77.1 cm³/mol. The molecule has 1 aromatic heterocycles. The molecule has 3 heteroatoms. The van der Waals surface area contributed by atoms with Gasteiger partial charge >= 0.3 is 0 Å². The quantitative estimate of drug-likeness (QED) is 0.841. The van der Waals surface area contributed by atoms with Gasteiger partial charge in [-0.05, 0) is 31.5 Å². The molecular formula is C15H20ClNO. The largest absolute Gasteiger partial charge is 0.458 e. The van der Waals surface area contributed by atoms with Crippen LogP contribution in [0.3, 0.4) is 0 Å². The molecule has 0 aliphatic carbocycles. The topological polar surface area (TPSA) is 25.2 Å². The third-order valence-corrected chi connectivity index (χ3v) is 3.74. The fourth-order valence-corrected chi connectivity index (χ4v) is 2.75. The first-order chi connectivity index (χ1) is 8.67. The molecule has 18 heavy (non-hydrogen) atoms. The fourth-order valence-electron chi connectivity index (χ4n) is 2.53. The van der Waals surface area contributed by atoms with Crippen LogP contribution in [0.4, 0.5) is 0 Å². The van der Waals surface area contributed by atoms with E-state index < -0.39 is 0 Å². The van der Waals surface area contributed by atoms with Gasteiger partial charge in [0.15, 0.2) is 5.58 Å². The average Bonchev–Trinajstić information content (AvgIpc) is 2.75. The van der Waals surface area contributed by atoms with Gasteiger partial charge in [-0.2, -0.15) is 0 Å². The lowest BCUT2D eigenvalue weighted by molar-refractivity contribution is 0.333. The third-order valence-electron chi connectivity index (χ3n) is 3.45. The lowest BCUT2D eigenvalue weighted by atomic mass is 9.95. The van der Waals surface area contributed by atoms with Gasteiger partial charge in [0.2, 0.25) is 0 Å². The smallest absolute Gasteiger partial charge is 0.152 e. The van der Waals surface area contributed by atoms with Crippen LogP contribution in [0.25, 0.3) is 11.0 Å². The zero-order chi connectivity index (χ0) is 13.1. The summed E-state index contributed by atoms with van der Waals surface area (Å²) >= 11 is 6.14. The lowest BCUT2D eigenvalue weighted by Gasteiger charge is -2.20. The lowest BCUT2D eigenvalue weighted by Crippen LogP contribution is -2.22. The Kier molecular flexibility index (Phi) is 4.31. The first kappa shape index (κ1) is 13.4. The van der Waals surface area contributed by atoms with E-state index in [1.165, 1.54) is 12.8 Å². The van der Waals surface area contributed by atoms with Crippen molar-refractivity contribution in [2.75, 3.05) is 7.05 Å². The molecule has 2 atom stereocenters. The van der Waals surface area contributed by atoms with E-state index in [0.717, 1.165) is 16.7 Å². The van der Waals surface area contributed by atoms with E-state index in [1.807, 2.05) is 25.2 Å². The number of nitrogens with one attached hydrogen (secondary N) is 1. The van der Waals surface area contributed by atoms with Gasteiger partial charge in [-0.3, -0.25) is 0 Å². The molecule has 0 saturated heterocycles. The van der Waals surface area contributed by atoms with E-state index in [-0.39, 0.29) is 6.04 Å². The Morgan fingerprint density at radius 1 is 1.39 bits per heavy atom. The second-order valence-corrected chi connectivity index (χ2v) is 5.25. The highest BCUT2D eigenvalue weighted by Gasteiger charge is 2.21. The molecule has 0 aliphatic heterocycles. The summed E-state index contributed by atoms with van der Waals surface area (Å²) in [4.78, 5) is 0. The van der Waals surface area contributed by atoms with Crippen LogP contribution < -0.4 is 5.32 Å². The highest BCUT2D eigenvalue weighted by molar-refractivity contribution is 6.34. The molecule has 0 spiro atoms. The van der Waals surface area contributed by atoms with E-state index in [4.69, 9.17) is 16.0 Å². The molecule has 98 valence electrons. The summed E-state index contributed by atoms with van der Waals surface area (Å²) in [6.07, 6.45) is 2.36. The maximum absolute atomic E-state index is 6.14. The fraction of sp³-hybridized carbons (Fsp3) is 0.467. The van der Waals surface area contributed by atoms with Gasteiger partial charge in [0.1, 0.15) is 5.76 Å². The van der Waals surface area contributed by atoms with Crippen molar-refractivity contribution in [1.82, 2.24) is 5.32 Å². The van der Waals surface area contributed by atoms with Gasteiger partial charge in [0.25, 0.3) is 0 Å². The molecule has 1 heterocycles. The highest BCUT2D eigenvalue weighted by Crippen LogP contribution is 2.33. The monoisotopic (exact) mass is 265 g/mol. The van der Waals surface area contributed by atoms with Crippen LogP contribution in [0.2, 0.25) is 5.02 Å². The van der Waals surface area contributed by atoms with E-state index in [2.05, 4.69) is 25.2 Å². The number of benzene rings is 1. The number of para-hydroxylation sites is 1. The van der Waals surface area contributed by atoms with Gasteiger partial charge in [-0.25, -0.2) is 0 Å². The van der Waals surface area contributed by atoms with Crippen molar-refractivity contribution < 1.29 is 4.42 Å². The summed E-state index contributed by atoms with van der Waals surface area (Å²) in [5.74, 6) is 1.51. The van der Waals surface area contributed by atoms with Gasteiger partial charge in [0, 0.05) is 5.39 Å².